The Bertz CT molecular complexity index is 1600. The van der Waals surface area contributed by atoms with E-state index < -0.39 is 34.0 Å². The first kappa shape index (κ1) is 31.5. The van der Waals surface area contributed by atoms with Crippen molar-refractivity contribution in [3.63, 3.8) is 0 Å². The molecule has 0 unspecified atom stereocenters. The predicted molar refractivity (Wildman–Crippen MR) is 145 cm³/mol. The van der Waals surface area contributed by atoms with Gasteiger partial charge in [-0.3, -0.25) is 4.72 Å². The summed E-state index contributed by atoms with van der Waals surface area (Å²) < 4.78 is 72.9. The van der Waals surface area contributed by atoms with Gasteiger partial charge in [0.15, 0.2) is 0 Å². The molecule has 42 heavy (non-hydrogen) atoms. The molecule has 4 rings (SSSR count). The number of hydrogen-bond donors (Lipinski definition) is 3. The lowest BCUT2D eigenvalue weighted by molar-refractivity contribution is -0.192. The maximum atomic E-state index is 13.5. The monoisotopic (exact) mass is 605 g/mol. The van der Waals surface area contributed by atoms with Gasteiger partial charge in [0.2, 0.25) is 0 Å². The van der Waals surface area contributed by atoms with Gasteiger partial charge in [-0.05, 0) is 35.4 Å². The molecule has 1 heterocycles. The molecule has 0 radical (unpaired) electrons. The number of aromatic carboxylic acids is 1. The van der Waals surface area contributed by atoms with E-state index in [1.54, 1.807) is 0 Å². The Morgan fingerprint density at radius 3 is 1.81 bits per heavy atom. The average Bonchev–Trinajstić information content (AvgIpc) is 2.93. The average molecular weight is 606 g/mol. The number of carboxylic acid groups (broad SMARTS) is 2. The number of nitrogens with one attached hydrogen (secondary N) is 1. The van der Waals surface area contributed by atoms with Crippen LogP contribution in [0.4, 0.5) is 29.1 Å². The maximum absolute atomic E-state index is 13.5. The van der Waals surface area contributed by atoms with Crippen LogP contribution in [0.1, 0.15) is 21.5 Å². The molecule has 0 aliphatic carbocycles. The Balaban J connectivity index is 0.000000616. The minimum atomic E-state index is -5.08. The van der Waals surface area contributed by atoms with Crippen LogP contribution >= 0.6 is 0 Å². The van der Waals surface area contributed by atoms with E-state index in [0.717, 1.165) is 23.3 Å². The summed E-state index contributed by atoms with van der Waals surface area (Å²) in [5.74, 6) is -4.53. The first-order valence-corrected chi connectivity index (χ1v) is 13.4. The van der Waals surface area contributed by atoms with Crippen molar-refractivity contribution < 1.29 is 45.8 Å². The lowest BCUT2D eigenvalue weighted by Crippen LogP contribution is -2.26. The first-order valence-electron chi connectivity index (χ1n) is 11.9. The molecule has 0 saturated carbocycles. The molecule has 0 spiro atoms. The van der Waals surface area contributed by atoms with Crippen molar-refractivity contribution in [3.05, 3.63) is 120 Å². The molecule has 0 atom stereocenters. The van der Waals surface area contributed by atoms with Crippen LogP contribution in [0.25, 0.3) is 0 Å². The van der Waals surface area contributed by atoms with Gasteiger partial charge in [0.1, 0.15) is 17.2 Å². The summed E-state index contributed by atoms with van der Waals surface area (Å²) >= 11 is 0. The Morgan fingerprint density at radius 1 is 0.833 bits per heavy atom. The van der Waals surface area contributed by atoms with E-state index in [1.807, 2.05) is 65.6 Å². The number of rotatable bonds is 9. The number of aliphatic carboxylic acids is 1. The zero-order valence-electron chi connectivity index (χ0n) is 21.5. The van der Waals surface area contributed by atoms with Crippen molar-refractivity contribution in [2.45, 2.75) is 24.2 Å². The molecule has 3 aromatic carbocycles. The summed E-state index contributed by atoms with van der Waals surface area (Å²) in [7, 11) is -4.15. The quantitative estimate of drug-likeness (QED) is 0.211. The Morgan fingerprint density at radius 2 is 1.36 bits per heavy atom. The van der Waals surface area contributed by atoms with Crippen LogP contribution in [0.5, 0.6) is 0 Å². The van der Waals surface area contributed by atoms with Crippen LogP contribution in [0.2, 0.25) is 0 Å². The van der Waals surface area contributed by atoms with Crippen molar-refractivity contribution in [2.75, 3.05) is 9.62 Å². The van der Waals surface area contributed by atoms with Crippen molar-refractivity contribution in [1.29, 1.82) is 0 Å². The highest BCUT2D eigenvalue weighted by molar-refractivity contribution is 7.92. The third-order valence-electron chi connectivity index (χ3n) is 5.43. The molecule has 0 fully saturated rings. The molecular formula is C28H23F4N3O6S. The number of sulfonamides is 1. The molecule has 0 bridgehead atoms. The molecule has 0 amide bonds. The van der Waals surface area contributed by atoms with E-state index in [-0.39, 0.29) is 22.0 Å². The van der Waals surface area contributed by atoms with Crippen molar-refractivity contribution >= 4 is 33.5 Å². The minimum absolute atomic E-state index is 0.0465. The molecular weight excluding hydrogens is 582 g/mol. The number of anilines is 2. The number of benzene rings is 3. The van der Waals surface area contributed by atoms with Gasteiger partial charge < -0.3 is 15.1 Å². The van der Waals surface area contributed by atoms with Crippen molar-refractivity contribution in [2.24, 2.45) is 0 Å². The third-order valence-corrected chi connectivity index (χ3v) is 6.81. The fourth-order valence-electron chi connectivity index (χ4n) is 3.58. The largest absolute Gasteiger partial charge is 0.490 e. The molecule has 220 valence electrons. The van der Waals surface area contributed by atoms with Gasteiger partial charge in [-0.25, -0.2) is 27.4 Å². The summed E-state index contributed by atoms with van der Waals surface area (Å²) in [4.78, 5) is 26.9. The topological polar surface area (TPSA) is 137 Å². The Hall–Kier alpha value is -4.98. The molecule has 14 heteroatoms. The van der Waals surface area contributed by atoms with E-state index in [4.69, 9.17) is 9.90 Å². The molecule has 0 aliphatic heterocycles. The van der Waals surface area contributed by atoms with Gasteiger partial charge in [-0.1, -0.05) is 66.7 Å². The minimum Gasteiger partial charge on any atom is -0.478 e. The van der Waals surface area contributed by atoms with E-state index in [1.165, 1.54) is 24.4 Å². The van der Waals surface area contributed by atoms with E-state index in [0.29, 0.717) is 13.1 Å². The fraction of sp³-hybridized carbons (Fsp3) is 0.107. The Kier molecular flexibility index (Phi) is 10.2. The summed E-state index contributed by atoms with van der Waals surface area (Å²) in [5, 5.41) is 17.1. The second-order valence-electron chi connectivity index (χ2n) is 8.59. The van der Waals surface area contributed by atoms with Crippen LogP contribution in [0.3, 0.4) is 0 Å². The van der Waals surface area contributed by atoms with Crippen LogP contribution in [-0.4, -0.2) is 41.7 Å². The SMILES string of the molecule is O=C(O)C(F)(F)F.O=C(O)c1cc(NS(=O)(=O)c2cccc(F)c2)cnc1N(Cc1ccccc1)Cc1ccccc1. The number of pyridine rings is 1. The number of carbonyl (C=O) groups is 2. The van der Waals surface area contributed by atoms with E-state index >= 15 is 0 Å². The number of aromatic nitrogens is 1. The smallest absolute Gasteiger partial charge is 0.478 e. The highest BCUT2D eigenvalue weighted by Gasteiger charge is 2.38. The molecule has 4 aromatic rings. The highest BCUT2D eigenvalue weighted by atomic mass is 32.2. The lowest BCUT2D eigenvalue weighted by Gasteiger charge is -2.26. The standard InChI is InChI=1S/C26H22FN3O4S.C2HF3O2/c27-21-12-7-13-23(14-21)35(33,34)29-22-15-24(26(31)32)25(28-16-22)30(17-19-8-3-1-4-9-19)18-20-10-5-2-6-11-20;3-2(4,5)1(6)7/h1-16,29H,17-18H2,(H,31,32);(H,6,7). The maximum Gasteiger partial charge on any atom is 0.490 e. The Labute approximate surface area is 237 Å². The van der Waals surface area contributed by atoms with Crippen molar-refractivity contribution in [1.82, 2.24) is 4.98 Å². The lowest BCUT2D eigenvalue weighted by atomic mass is 10.1. The number of alkyl halides is 3. The number of halogens is 4. The summed E-state index contributed by atoms with van der Waals surface area (Å²) in [6.45, 7) is 0.773. The number of nitrogens with zero attached hydrogens (tertiary/aromatic N) is 2. The highest BCUT2D eigenvalue weighted by Crippen LogP contribution is 2.26. The van der Waals surface area contributed by atoms with Gasteiger partial charge in [0.25, 0.3) is 10.0 Å². The normalized spacial score (nSPS) is 11.1. The molecule has 3 N–H and O–H groups in total. The zero-order chi connectivity index (χ0) is 30.9. The summed E-state index contributed by atoms with van der Waals surface area (Å²) in [6.07, 6.45) is -3.83. The molecule has 0 aliphatic rings. The second kappa shape index (κ2) is 13.6. The van der Waals surface area contributed by atoms with Gasteiger partial charge in [-0.2, -0.15) is 13.2 Å². The van der Waals surface area contributed by atoms with E-state index in [2.05, 4.69) is 9.71 Å². The predicted octanol–water partition coefficient (Wildman–Crippen LogP) is 5.56. The van der Waals surface area contributed by atoms with Gasteiger partial charge in [0, 0.05) is 13.1 Å². The van der Waals surface area contributed by atoms with Crippen LogP contribution in [0.15, 0.2) is 102 Å². The molecule has 9 nitrogen and oxygen atoms in total. The van der Waals surface area contributed by atoms with Crippen molar-refractivity contribution in [3.8, 4) is 0 Å². The summed E-state index contributed by atoms with van der Waals surface area (Å²) in [6, 6.07) is 24.8. The van der Waals surface area contributed by atoms with E-state index in [9.17, 15) is 35.9 Å². The fourth-order valence-corrected chi connectivity index (χ4v) is 4.65. The third kappa shape index (κ3) is 9.02. The summed E-state index contributed by atoms with van der Waals surface area (Å²) in [5.41, 5.74) is 1.70. The van der Waals surface area contributed by atoms with Crippen LogP contribution in [-0.2, 0) is 27.9 Å². The second-order valence-corrected chi connectivity index (χ2v) is 10.3. The van der Waals surface area contributed by atoms with Crippen LogP contribution in [0, 0.1) is 5.82 Å². The van der Waals surface area contributed by atoms with Gasteiger partial charge >= 0.3 is 18.1 Å². The number of carboxylic acids is 2. The molecule has 0 saturated heterocycles. The zero-order valence-corrected chi connectivity index (χ0v) is 22.3. The number of hydrogen-bond acceptors (Lipinski definition) is 6. The van der Waals surface area contributed by atoms with Crippen LogP contribution < -0.4 is 9.62 Å². The van der Waals surface area contributed by atoms with Gasteiger partial charge in [0.05, 0.1) is 16.8 Å². The first-order chi connectivity index (χ1) is 19.8. The molecule has 1 aromatic heterocycles. The van der Waals surface area contributed by atoms with Gasteiger partial charge in [-0.15, -0.1) is 0 Å².